The van der Waals surface area contributed by atoms with Crippen LogP contribution in [0.1, 0.15) is 33.0 Å². The average Bonchev–Trinajstić information content (AvgIpc) is 2.64. The Morgan fingerprint density at radius 1 is 1.21 bits per heavy atom. The lowest BCUT2D eigenvalue weighted by atomic mass is 10.1. The minimum Gasteiger partial charge on any atom is -0.466 e. The molecule has 0 atom stereocenters. The first kappa shape index (κ1) is 13.9. The maximum absolute atomic E-state index is 12.4. The van der Waals surface area contributed by atoms with Crippen LogP contribution in [0.3, 0.4) is 0 Å². The molecule has 0 aliphatic rings. The van der Waals surface area contributed by atoms with Crippen LogP contribution in [0.15, 0.2) is 28.7 Å². The number of halogens is 1. The summed E-state index contributed by atoms with van der Waals surface area (Å²) in [4.78, 5) is 12.4. The highest BCUT2D eigenvalue weighted by atomic mass is 79.9. The minimum atomic E-state index is -0.125. The lowest BCUT2D eigenvalue weighted by Gasteiger charge is -2.09. The summed E-state index contributed by atoms with van der Waals surface area (Å²) in [6, 6.07) is 7.73. The van der Waals surface area contributed by atoms with Crippen molar-refractivity contribution in [1.29, 1.82) is 0 Å². The van der Waals surface area contributed by atoms with E-state index in [0.29, 0.717) is 16.7 Å². The van der Waals surface area contributed by atoms with Gasteiger partial charge in [-0.15, -0.1) is 0 Å². The number of furan rings is 1. The largest absolute Gasteiger partial charge is 0.466 e. The zero-order chi connectivity index (χ0) is 14.0. The number of para-hydroxylation sites is 1. The summed E-state index contributed by atoms with van der Waals surface area (Å²) in [6.07, 6.45) is 0. The smallest absolute Gasteiger partial charge is 0.259 e. The third-order valence-electron chi connectivity index (χ3n) is 3.20. The molecule has 0 bridgehead atoms. The molecule has 1 aromatic heterocycles. The van der Waals surface area contributed by atoms with Crippen molar-refractivity contribution in [2.24, 2.45) is 0 Å². The maximum atomic E-state index is 12.4. The van der Waals surface area contributed by atoms with Crippen LogP contribution < -0.4 is 5.32 Å². The van der Waals surface area contributed by atoms with Crippen LogP contribution in [0.5, 0.6) is 0 Å². The summed E-state index contributed by atoms with van der Waals surface area (Å²) in [5, 5.41) is 3.64. The number of hydrogen-bond acceptors (Lipinski definition) is 2. The molecular formula is C15H16BrNO2. The molecule has 0 saturated heterocycles. The van der Waals surface area contributed by atoms with E-state index >= 15 is 0 Å². The second-order valence-corrected chi connectivity index (χ2v) is 5.02. The molecule has 100 valence electrons. The predicted octanol–water partition coefficient (Wildman–Crippen LogP) is 4.35. The van der Waals surface area contributed by atoms with E-state index in [1.165, 1.54) is 0 Å². The predicted molar refractivity (Wildman–Crippen MR) is 79.9 cm³/mol. The normalized spacial score (nSPS) is 10.5. The Bertz CT molecular complexity index is 617. The quantitative estimate of drug-likeness (QED) is 0.854. The Labute approximate surface area is 121 Å². The number of aryl methyl sites for hydroxylation is 2. The highest BCUT2D eigenvalue weighted by Crippen LogP contribution is 2.24. The molecular weight excluding hydrogens is 306 g/mol. The molecule has 1 heterocycles. The third-order valence-corrected chi connectivity index (χ3v) is 3.80. The molecule has 0 radical (unpaired) electrons. The molecule has 0 spiro atoms. The Hall–Kier alpha value is -1.55. The fourth-order valence-corrected chi connectivity index (χ4v) is 2.56. The number of alkyl halides is 1. The number of anilines is 1. The first-order valence-electron chi connectivity index (χ1n) is 6.06. The van der Waals surface area contributed by atoms with E-state index in [0.717, 1.165) is 22.6 Å². The Kier molecular flexibility index (Phi) is 4.10. The number of carbonyl (C=O) groups is 1. The summed E-state index contributed by atoms with van der Waals surface area (Å²) >= 11 is 3.42. The first-order valence-corrected chi connectivity index (χ1v) is 7.18. The van der Waals surface area contributed by atoms with Gasteiger partial charge in [0.15, 0.2) is 0 Å². The van der Waals surface area contributed by atoms with Crippen molar-refractivity contribution in [2.75, 3.05) is 5.32 Å². The first-order chi connectivity index (χ1) is 9.04. The molecule has 3 nitrogen and oxygen atoms in total. The second-order valence-electron chi connectivity index (χ2n) is 4.46. The van der Waals surface area contributed by atoms with Gasteiger partial charge in [-0.2, -0.15) is 0 Å². The molecule has 0 aliphatic heterocycles. The van der Waals surface area contributed by atoms with E-state index in [1.807, 2.05) is 45.0 Å². The van der Waals surface area contributed by atoms with Crippen molar-refractivity contribution >= 4 is 27.5 Å². The Balaban J connectivity index is 2.31. The summed E-state index contributed by atoms with van der Waals surface area (Å²) < 4.78 is 5.49. The van der Waals surface area contributed by atoms with Crippen molar-refractivity contribution in [3.05, 3.63) is 52.5 Å². The molecule has 2 aromatic rings. The van der Waals surface area contributed by atoms with Gasteiger partial charge in [0.25, 0.3) is 5.91 Å². The number of nitrogens with one attached hydrogen (secondary N) is 1. The summed E-state index contributed by atoms with van der Waals surface area (Å²) in [5.41, 5.74) is 3.39. The Morgan fingerprint density at radius 2 is 1.89 bits per heavy atom. The maximum Gasteiger partial charge on any atom is 0.259 e. The van der Waals surface area contributed by atoms with Gasteiger partial charge in [-0.05, 0) is 32.4 Å². The van der Waals surface area contributed by atoms with Crippen molar-refractivity contribution in [1.82, 2.24) is 0 Å². The van der Waals surface area contributed by atoms with Crippen molar-refractivity contribution in [3.63, 3.8) is 0 Å². The van der Waals surface area contributed by atoms with Crippen molar-refractivity contribution < 1.29 is 9.21 Å². The van der Waals surface area contributed by atoms with Gasteiger partial charge in [0.05, 0.1) is 5.56 Å². The van der Waals surface area contributed by atoms with Crippen molar-refractivity contribution in [3.8, 4) is 0 Å². The van der Waals surface area contributed by atoms with Crippen LogP contribution in [0, 0.1) is 20.8 Å². The lowest BCUT2D eigenvalue weighted by Crippen LogP contribution is -2.14. The van der Waals surface area contributed by atoms with Gasteiger partial charge in [0.2, 0.25) is 0 Å². The van der Waals surface area contributed by atoms with Crippen LogP contribution in [0.25, 0.3) is 0 Å². The second kappa shape index (κ2) is 5.61. The molecule has 0 fully saturated rings. The summed E-state index contributed by atoms with van der Waals surface area (Å²) in [6.45, 7) is 5.58. The average molecular weight is 322 g/mol. The molecule has 1 aromatic carbocycles. The van der Waals surface area contributed by atoms with Gasteiger partial charge < -0.3 is 9.73 Å². The monoisotopic (exact) mass is 321 g/mol. The number of carbonyl (C=O) groups excluding carboxylic acids is 1. The molecule has 2 rings (SSSR count). The zero-order valence-electron chi connectivity index (χ0n) is 11.2. The van der Waals surface area contributed by atoms with Crippen LogP contribution in [0.2, 0.25) is 0 Å². The topological polar surface area (TPSA) is 42.2 Å². The molecule has 1 N–H and O–H groups in total. The SMILES string of the molecule is Cc1oc(C)c(C(=O)Nc2ccccc2CBr)c1C. The van der Waals surface area contributed by atoms with E-state index in [1.54, 1.807) is 0 Å². The van der Waals surface area contributed by atoms with E-state index in [9.17, 15) is 4.79 Å². The highest BCUT2D eigenvalue weighted by molar-refractivity contribution is 9.08. The highest BCUT2D eigenvalue weighted by Gasteiger charge is 2.19. The van der Waals surface area contributed by atoms with Gasteiger partial charge in [-0.1, -0.05) is 34.1 Å². The molecule has 19 heavy (non-hydrogen) atoms. The molecule has 0 saturated carbocycles. The summed E-state index contributed by atoms with van der Waals surface area (Å²) in [7, 11) is 0. The Morgan fingerprint density at radius 3 is 2.47 bits per heavy atom. The fraction of sp³-hybridized carbons (Fsp3) is 0.267. The standard InChI is InChI=1S/C15H16BrNO2/c1-9-10(2)19-11(3)14(9)15(18)17-13-7-5-4-6-12(13)8-16/h4-7H,8H2,1-3H3,(H,17,18). The van der Waals surface area contributed by atoms with E-state index in [4.69, 9.17) is 4.42 Å². The molecule has 0 aliphatic carbocycles. The van der Waals surface area contributed by atoms with Gasteiger partial charge in [-0.25, -0.2) is 0 Å². The van der Waals surface area contributed by atoms with Gasteiger partial charge in [0.1, 0.15) is 11.5 Å². The number of rotatable bonds is 3. The minimum absolute atomic E-state index is 0.125. The van der Waals surface area contributed by atoms with Crippen LogP contribution in [-0.2, 0) is 5.33 Å². The number of benzene rings is 1. The van der Waals surface area contributed by atoms with Crippen LogP contribution in [-0.4, -0.2) is 5.91 Å². The number of hydrogen-bond donors (Lipinski definition) is 1. The van der Waals surface area contributed by atoms with Gasteiger partial charge in [-0.3, -0.25) is 4.79 Å². The molecule has 0 unspecified atom stereocenters. The van der Waals surface area contributed by atoms with Gasteiger partial charge >= 0.3 is 0 Å². The molecule has 1 amide bonds. The fourth-order valence-electron chi connectivity index (χ4n) is 2.07. The van der Waals surface area contributed by atoms with Crippen molar-refractivity contribution in [2.45, 2.75) is 26.1 Å². The summed E-state index contributed by atoms with van der Waals surface area (Å²) in [5.74, 6) is 1.32. The molecule has 4 heteroatoms. The van der Waals surface area contributed by atoms with Crippen LogP contribution in [0.4, 0.5) is 5.69 Å². The number of amides is 1. The van der Waals surface area contributed by atoms with Crippen LogP contribution >= 0.6 is 15.9 Å². The lowest BCUT2D eigenvalue weighted by molar-refractivity contribution is 0.102. The van der Waals surface area contributed by atoms with E-state index < -0.39 is 0 Å². The third kappa shape index (κ3) is 2.73. The van der Waals surface area contributed by atoms with E-state index in [2.05, 4.69) is 21.2 Å². The zero-order valence-corrected chi connectivity index (χ0v) is 12.8. The van der Waals surface area contributed by atoms with E-state index in [-0.39, 0.29) is 5.91 Å². The van der Waals surface area contributed by atoms with Gasteiger partial charge in [0, 0.05) is 16.6 Å².